The van der Waals surface area contributed by atoms with Crippen molar-refractivity contribution in [1.29, 1.82) is 0 Å². The maximum Gasteiger partial charge on any atom is 0.274 e. The number of ether oxygens (including phenoxy) is 2. The molecule has 0 radical (unpaired) electrons. The Morgan fingerprint density at radius 2 is 1.11 bits per heavy atom. The predicted molar refractivity (Wildman–Crippen MR) is 282 cm³/mol. The highest BCUT2D eigenvalue weighted by Crippen LogP contribution is 2.35. The van der Waals surface area contributed by atoms with E-state index in [-0.39, 0.29) is 60.5 Å². The van der Waals surface area contributed by atoms with Gasteiger partial charge in [-0.25, -0.2) is 4.99 Å². The minimum absolute atomic E-state index is 0.0207. The second-order valence-corrected chi connectivity index (χ2v) is 18.0. The van der Waals surface area contributed by atoms with Gasteiger partial charge >= 0.3 is 0 Å². The largest absolute Gasteiger partial charge is 0.499 e. The third kappa shape index (κ3) is 21.6. The molecule has 20 heteroatoms. The molecule has 3 amide bonds. The molecule has 16 nitrogen and oxygen atoms in total. The molecule has 3 N–H and O–H groups in total. The van der Waals surface area contributed by atoms with Crippen LogP contribution in [-0.4, -0.2) is 105 Å². The third-order valence-corrected chi connectivity index (χ3v) is 11.9. The molecular formula is C50H68Cl4N10O6. The van der Waals surface area contributed by atoms with E-state index in [1.807, 2.05) is 0 Å². The predicted octanol–water partition coefficient (Wildman–Crippen LogP) is 12.9. The number of aliphatic imine (C=N–C) groups is 1. The van der Waals surface area contributed by atoms with Gasteiger partial charge in [0.15, 0.2) is 12.2 Å². The molecule has 3 rings (SSSR count). The van der Waals surface area contributed by atoms with Crippen LogP contribution in [0.15, 0.2) is 86.1 Å². The molecule has 0 saturated heterocycles. The van der Waals surface area contributed by atoms with Crippen molar-refractivity contribution in [2.24, 2.45) is 25.4 Å². The molecule has 0 heterocycles. The first-order valence-corrected chi connectivity index (χ1v) is 25.4. The molecule has 1 atom stereocenters. The van der Waals surface area contributed by atoms with Gasteiger partial charge in [-0.3, -0.25) is 19.2 Å². The zero-order valence-electron chi connectivity index (χ0n) is 41.2. The average Bonchev–Trinajstić information content (AvgIpc) is 3.34. The summed E-state index contributed by atoms with van der Waals surface area (Å²) in [5.74, 6) is -2.17. The first-order chi connectivity index (χ1) is 33.7. The molecule has 0 spiro atoms. The molecule has 3 aromatic carbocycles. The van der Waals surface area contributed by atoms with Crippen LogP contribution in [0.25, 0.3) is 0 Å². The van der Waals surface area contributed by atoms with E-state index in [4.69, 9.17) is 55.9 Å². The molecule has 3 aromatic rings. The van der Waals surface area contributed by atoms with Gasteiger partial charge < -0.3 is 35.2 Å². The maximum atomic E-state index is 13.4. The quantitative estimate of drug-likeness (QED) is 0.0134. The summed E-state index contributed by atoms with van der Waals surface area (Å²) in [5.41, 5.74) is 1.18. The van der Waals surface area contributed by atoms with E-state index >= 15 is 0 Å². The van der Waals surface area contributed by atoms with Crippen LogP contribution in [0.2, 0.25) is 20.1 Å². The summed E-state index contributed by atoms with van der Waals surface area (Å²) in [6, 6.07) is 10.3. The van der Waals surface area contributed by atoms with E-state index in [1.165, 1.54) is 50.6 Å². The van der Waals surface area contributed by atoms with Crippen LogP contribution in [0.1, 0.15) is 120 Å². The molecule has 0 aliphatic rings. The first-order valence-electron chi connectivity index (χ1n) is 23.9. The molecule has 0 aromatic heterocycles. The fourth-order valence-electron chi connectivity index (χ4n) is 6.66. The molecule has 0 saturated carbocycles. The first kappa shape index (κ1) is 59.3. The van der Waals surface area contributed by atoms with Crippen molar-refractivity contribution in [3.63, 3.8) is 0 Å². The zero-order chi connectivity index (χ0) is 51.3. The van der Waals surface area contributed by atoms with Crippen LogP contribution in [0.5, 0.6) is 0 Å². The van der Waals surface area contributed by atoms with Crippen molar-refractivity contribution < 1.29 is 28.7 Å². The van der Waals surface area contributed by atoms with E-state index in [9.17, 15) is 19.2 Å². The monoisotopic (exact) mass is 1040 g/mol. The Morgan fingerprint density at radius 1 is 0.629 bits per heavy atom. The van der Waals surface area contributed by atoms with Gasteiger partial charge in [0, 0.05) is 24.2 Å². The van der Waals surface area contributed by atoms with Crippen LogP contribution in [0.3, 0.4) is 0 Å². The summed E-state index contributed by atoms with van der Waals surface area (Å²) in [5, 5.41) is 25.3. The number of methoxy groups -OCH3 is 1. The third-order valence-electron chi connectivity index (χ3n) is 10.7. The molecule has 1 unspecified atom stereocenters. The molecule has 0 aliphatic carbocycles. The fraction of sp³-hybridized carbons (Fsp3) is 0.500. The van der Waals surface area contributed by atoms with Crippen LogP contribution < -0.4 is 16.0 Å². The van der Waals surface area contributed by atoms with Gasteiger partial charge in [-0.2, -0.15) is 10.2 Å². The molecule has 382 valence electrons. The van der Waals surface area contributed by atoms with Gasteiger partial charge in [-0.15, -0.1) is 10.2 Å². The Labute approximate surface area is 433 Å². The summed E-state index contributed by atoms with van der Waals surface area (Å²) < 4.78 is 10.6. The van der Waals surface area contributed by atoms with Gasteiger partial charge in [0.2, 0.25) is 6.04 Å². The lowest BCUT2D eigenvalue weighted by Crippen LogP contribution is -2.32. The van der Waals surface area contributed by atoms with Crippen molar-refractivity contribution in [3.8, 4) is 0 Å². The fourth-order valence-corrected chi connectivity index (χ4v) is 7.39. The number of amides is 3. The van der Waals surface area contributed by atoms with E-state index in [1.54, 1.807) is 18.2 Å². The van der Waals surface area contributed by atoms with E-state index < -0.39 is 17.7 Å². The van der Waals surface area contributed by atoms with Gasteiger partial charge in [0.05, 0.1) is 38.6 Å². The van der Waals surface area contributed by atoms with Gasteiger partial charge in [-0.05, 0) is 133 Å². The number of hydrogen-bond donors (Lipinski definition) is 3. The number of Topliss-reactive ketones (excluding diaryl/α,β-unsaturated/α-hetero) is 1. The van der Waals surface area contributed by atoms with Crippen molar-refractivity contribution in [2.75, 3.05) is 64.8 Å². The van der Waals surface area contributed by atoms with Crippen LogP contribution >= 0.6 is 46.4 Å². The number of hydrogen-bond acceptors (Lipinski definition) is 13. The van der Waals surface area contributed by atoms with Crippen LogP contribution in [0.4, 0.5) is 22.7 Å². The number of anilines is 1. The highest BCUT2D eigenvalue weighted by Gasteiger charge is 2.25. The maximum absolute atomic E-state index is 13.4. The molecule has 0 aliphatic heterocycles. The second-order valence-electron chi connectivity index (χ2n) is 16.4. The smallest absolute Gasteiger partial charge is 0.274 e. The number of ketones is 1. The number of benzene rings is 3. The normalized spacial score (nSPS) is 12.4. The number of carbonyl (C=O) groups is 4. The molecular weight excluding hydrogens is 978 g/mol. The second kappa shape index (κ2) is 33.6. The van der Waals surface area contributed by atoms with Crippen molar-refractivity contribution in [3.05, 3.63) is 91.9 Å². The van der Waals surface area contributed by atoms with E-state index in [2.05, 4.69) is 78.9 Å². The summed E-state index contributed by atoms with van der Waals surface area (Å²) >= 11 is 25.8. The molecule has 0 fully saturated rings. The number of nitrogens with one attached hydrogen (secondary N) is 3. The SMILES string of the molecule is CCCCN(CCCC)CCCNC(=O)c1ccc(Cl)c(N=NC(=COC)OC=Nc2cc(Cl)c(NC(=O)C(N=Nc3cc(C(=O)NCCCN(CCCC)CCCC)ccc3Cl)C(C)=O)cc2Cl)c1. The Kier molecular flexibility index (Phi) is 28.5. The zero-order valence-corrected chi connectivity index (χ0v) is 44.2. The van der Waals surface area contributed by atoms with E-state index in [0.717, 1.165) is 110 Å². The Bertz CT molecular complexity index is 2260. The average molecular weight is 1050 g/mol. The lowest BCUT2D eigenvalue weighted by Gasteiger charge is -2.21. The van der Waals surface area contributed by atoms with Gasteiger partial charge in [-0.1, -0.05) is 99.8 Å². The van der Waals surface area contributed by atoms with Crippen LogP contribution in [-0.2, 0) is 19.1 Å². The number of unbranched alkanes of at least 4 members (excludes halogenated alkanes) is 4. The number of nitrogens with zero attached hydrogens (tertiary/aromatic N) is 7. The highest BCUT2D eigenvalue weighted by molar-refractivity contribution is 6.37. The van der Waals surface area contributed by atoms with Crippen molar-refractivity contribution >= 4 is 99.1 Å². The minimum atomic E-state index is -1.59. The summed E-state index contributed by atoms with van der Waals surface area (Å²) in [6.45, 7) is 16.9. The Balaban J connectivity index is 1.62. The lowest BCUT2D eigenvalue weighted by atomic mass is 10.2. The number of azo groups is 2. The molecule has 0 bridgehead atoms. The summed E-state index contributed by atoms with van der Waals surface area (Å²) in [4.78, 5) is 61.1. The summed E-state index contributed by atoms with van der Waals surface area (Å²) in [6.07, 6.45) is 12.9. The highest BCUT2D eigenvalue weighted by atomic mass is 35.5. The topological polar surface area (TPSA) is 191 Å². The van der Waals surface area contributed by atoms with Crippen LogP contribution in [0, 0.1) is 0 Å². The van der Waals surface area contributed by atoms with Gasteiger partial charge in [0.25, 0.3) is 23.6 Å². The standard InChI is InChI=1S/C50H68Cl4N10O6/c1-7-11-23-63(24-12-8-2)27-15-21-55-48(66)36-17-19-38(51)44(29-36)59-61-46(33-69-6)70-34-57-42-31-41(54)43(32-40(42)53)58-50(68)47(35(5)65)62-60-45-30-37(18-20-39(45)52)49(67)56-22-16-28-64(25-13-9-3)26-14-10-4/h17-20,29-34,47H,7-16,21-28H2,1-6H3,(H,55,66)(H,56,67)(H,58,68). The minimum Gasteiger partial charge on any atom is -0.499 e. The molecule has 70 heavy (non-hydrogen) atoms. The number of halogens is 4. The lowest BCUT2D eigenvalue weighted by molar-refractivity contribution is -0.126. The van der Waals surface area contributed by atoms with Crippen molar-refractivity contribution in [1.82, 2.24) is 20.4 Å². The summed E-state index contributed by atoms with van der Waals surface area (Å²) in [7, 11) is 1.38. The number of carbonyl (C=O) groups excluding carboxylic acids is 4. The van der Waals surface area contributed by atoms with Gasteiger partial charge in [0.1, 0.15) is 17.6 Å². The van der Waals surface area contributed by atoms with Crippen molar-refractivity contribution in [2.45, 2.75) is 105 Å². The number of rotatable bonds is 33. The Morgan fingerprint density at radius 3 is 1.59 bits per heavy atom. The Hall–Kier alpha value is -4.97. The van der Waals surface area contributed by atoms with E-state index in [0.29, 0.717) is 24.2 Å².